The number of likely N-dealkylation sites (tertiary alicyclic amines) is 1. The van der Waals surface area contributed by atoms with E-state index in [0.717, 1.165) is 18.4 Å². The van der Waals surface area contributed by atoms with Crippen molar-refractivity contribution in [3.05, 3.63) is 30.3 Å². The highest BCUT2D eigenvalue weighted by molar-refractivity contribution is 5.76. The molecule has 6 heteroatoms. The van der Waals surface area contributed by atoms with Crippen LogP contribution in [0.5, 0.6) is 0 Å². The number of amides is 1. The molecule has 2 heterocycles. The van der Waals surface area contributed by atoms with Gasteiger partial charge in [-0.25, -0.2) is 0 Å². The van der Waals surface area contributed by atoms with Gasteiger partial charge in [-0.1, -0.05) is 30.3 Å². The number of nitrogens with zero attached hydrogens (tertiary/aromatic N) is 5. The Morgan fingerprint density at radius 1 is 1.18 bits per heavy atom. The maximum Gasteiger partial charge on any atom is 0.246 e. The number of piperidine rings is 1. The van der Waals surface area contributed by atoms with E-state index in [1.807, 2.05) is 35.2 Å². The molecule has 1 aliphatic rings. The van der Waals surface area contributed by atoms with Crippen LogP contribution in [0.15, 0.2) is 30.3 Å². The third kappa shape index (κ3) is 3.00. The van der Waals surface area contributed by atoms with Crippen molar-refractivity contribution in [3.63, 3.8) is 0 Å². The molecule has 0 unspecified atom stereocenters. The average molecular weight is 299 g/mol. The van der Waals surface area contributed by atoms with Gasteiger partial charge in [0.05, 0.1) is 0 Å². The lowest BCUT2D eigenvalue weighted by Gasteiger charge is -2.38. The predicted octanol–water partition coefficient (Wildman–Crippen LogP) is 2.13. The fraction of sp³-hybridized carbons (Fsp3) is 0.500. The van der Waals surface area contributed by atoms with Gasteiger partial charge in [-0.2, -0.15) is 4.80 Å². The van der Waals surface area contributed by atoms with Gasteiger partial charge in [0, 0.05) is 17.6 Å². The first-order valence-corrected chi connectivity index (χ1v) is 7.79. The second-order valence-corrected chi connectivity index (χ2v) is 5.94. The minimum atomic E-state index is 0.0664. The third-order valence-corrected chi connectivity index (χ3v) is 4.24. The van der Waals surface area contributed by atoms with Crippen LogP contribution in [0.4, 0.5) is 0 Å². The molecule has 1 aromatic carbocycles. The third-order valence-electron chi connectivity index (χ3n) is 4.24. The largest absolute Gasteiger partial charge is 0.336 e. The fourth-order valence-electron chi connectivity index (χ4n) is 3.13. The first-order chi connectivity index (χ1) is 10.6. The molecule has 1 amide bonds. The lowest BCUT2D eigenvalue weighted by atomic mass is 9.97. The van der Waals surface area contributed by atoms with Crippen molar-refractivity contribution in [2.45, 2.75) is 51.7 Å². The Morgan fingerprint density at radius 3 is 2.55 bits per heavy atom. The van der Waals surface area contributed by atoms with Crippen LogP contribution in [-0.4, -0.2) is 43.1 Å². The highest BCUT2D eigenvalue weighted by Crippen LogP contribution is 2.22. The molecule has 0 bridgehead atoms. The van der Waals surface area contributed by atoms with E-state index in [2.05, 4.69) is 29.3 Å². The minimum Gasteiger partial charge on any atom is -0.336 e. The molecule has 3 rings (SSSR count). The summed E-state index contributed by atoms with van der Waals surface area (Å²) in [6.45, 7) is 4.37. The van der Waals surface area contributed by atoms with E-state index in [-0.39, 0.29) is 24.5 Å². The number of benzene rings is 1. The van der Waals surface area contributed by atoms with Gasteiger partial charge in [-0.05, 0) is 38.3 Å². The van der Waals surface area contributed by atoms with Crippen molar-refractivity contribution in [1.29, 1.82) is 0 Å². The summed E-state index contributed by atoms with van der Waals surface area (Å²) >= 11 is 0. The fourth-order valence-corrected chi connectivity index (χ4v) is 3.13. The van der Waals surface area contributed by atoms with Crippen molar-refractivity contribution >= 4 is 5.91 Å². The standard InChI is InChI=1S/C16H21N5O/c1-12-7-6-8-13(2)21(12)15(22)11-20-18-16(17-19-20)14-9-4-3-5-10-14/h3-5,9-10,12-13H,6-8,11H2,1-2H3/t12-,13-/m1/s1. The lowest BCUT2D eigenvalue weighted by molar-refractivity contribution is -0.138. The summed E-state index contributed by atoms with van der Waals surface area (Å²) in [5.74, 6) is 0.616. The van der Waals surface area contributed by atoms with E-state index in [0.29, 0.717) is 5.82 Å². The molecular formula is C16H21N5O. The van der Waals surface area contributed by atoms with Gasteiger partial charge in [0.2, 0.25) is 11.7 Å². The molecule has 6 nitrogen and oxygen atoms in total. The SMILES string of the molecule is C[C@@H]1CCC[C@@H](C)N1C(=O)Cn1nnc(-c2ccccc2)n1. The Hall–Kier alpha value is -2.24. The van der Waals surface area contributed by atoms with Crippen LogP contribution in [0.1, 0.15) is 33.1 Å². The van der Waals surface area contributed by atoms with Gasteiger partial charge in [-0.15, -0.1) is 10.2 Å². The molecule has 1 aromatic heterocycles. The number of tetrazole rings is 1. The second kappa shape index (κ2) is 6.25. The van der Waals surface area contributed by atoms with Crippen molar-refractivity contribution in [2.24, 2.45) is 0 Å². The van der Waals surface area contributed by atoms with Crippen LogP contribution >= 0.6 is 0 Å². The molecule has 0 spiro atoms. The molecule has 22 heavy (non-hydrogen) atoms. The Bertz CT molecular complexity index is 629. The van der Waals surface area contributed by atoms with E-state index >= 15 is 0 Å². The molecule has 0 N–H and O–H groups in total. The van der Waals surface area contributed by atoms with Crippen molar-refractivity contribution < 1.29 is 4.79 Å². The van der Waals surface area contributed by atoms with E-state index in [1.54, 1.807) is 0 Å². The first kappa shape index (κ1) is 14.7. The molecule has 0 aliphatic carbocycles. The molecular weight excluding hydrogens is 278 g/mol. The van der Waals surface area contributed by atoms with E-state index in [9.17, 15) is 4.79 Å². The van der Waals surface area contributed by atoms with Crippen molar-refractivity contribution in [1.82, 2.24) is 25.1 Å². The molecule has 1 aliphatic heterocycles. The predicted molar refractivity (Wildman–Crippen MR) is 82.9 cm³/mol. The van der Waals surface area contributed by atoms with Crippen LogP contribution in [-0.2, 0) is 11.3 Å². The van der Waals surface area contributed by atoms with Crippen LogP contribution in [0.3, 0.4) is 0 Å². The molecule has 0 radical (unpaired) electrons. The Morgan fingerprint density at radius 2 is 1.86 bits per heavy atom. The number of rotatable bonds is 3. The topological polar surface area (TPSA) is 63.9 Å². The summed E-state index contributed by atoms with van der Waals surface area (Å²) in [5.41, 5.74) is 0.904. The quantitative estimate of drug-likeness (QED) is 0.871. The summed E-state index contributed by atoms with van der Waals surface area (Å²) < 4.78 is 0. The van der Waals surface area contributed by atoms with Crippen LogP contribution in [0.2, 0.25) is 0 Å². The maximum atomic E-state index is 12.5. The van der Waals surface area contributed by atoms with Crippen molar-refractivity contribution in [3.8, 4) is 11.4 Å². The number of hydrogen-bond donors (Lipinski definition) is 0. The zero-order chi connectivity index (χ0) is 15.5. The molecule has 1 saturated heterocycles. The summed E-state index contributed by atoms with van der Waals surface area (Å²) in [6, 6.07) is 10.2. The Balaban J connectivity index is 1.71. The zero-order valence-corrected chi connectivity index (χ0v) is 13.0. The van der Waals surface area contributed by atoms with Crippen LogP contribution in [0.25, 0.3) is 11.4 Å². The van der Waals surface area contributed by atoms with Gasteiger partial charge < -0.3 is 4.90 Å². The highest BCUT2D eigenvalue weighted by atomic mass is 16.2. The summed E-state index contributed by atoms with van der Waals surface area (Å²) in [7, 11) is 0. The average Bonchev–Trinajstić information content (AvgIpc) is 2.96. The maximum absolute atomic E-state index is 12.5. The van der Waals surface area contributed by atoms with Gasteiger partial charge in [0.15, 0.2) is 0 Å². The first-order valence-electron chi connectivity index (χ1n) is 7.79. The van der Waals surface area contributed by atoms with Gasteiger partial charge >= 0.3 is 0 Å². The number of carbonyl (C=O) groups is 1. The van der Waals surface area contributed by atoms with Crippen molar-refractivity contribution in [2.75, 3.05) is 0 Å². The van der Waals surface area contributed by atoms with Gasteiger partial charge in [0.25, 0.3) is 0 Å². The number of carbonyl (C=O) groups excluding carboxylic acids is 1. The van der Waals surface area contributed by atoms with E-state index < -0.39 is 0 Å². The minimum absolute atomic E-state index is 0.0664. The molecule has 0 saturated carbocycles. The van der Waals surface area contributed by atoms with Crippen LogP contribution < -0.4 is 0 Å². The summed E-state index contributed by atoms with van der Waals surface area (Å²) in [4.78, 5) is 15.9. The molecule has 2 atom stereocenters. The molecule has 116 valence electrons. The number of aromatic nitrogens is 4. The van der Waals surface area contributed by atoms with Gasteiger partial charge in [-0.3, -0.25) is 4.79 Å². The second-order valence-electron chi connectivity index (χ2n) is 5.94. The normalized spacial score (nSPS) is 21.8. The Kier molecular flexibility index (Phi) is 4.18. The Labute approximate surface area is 130 Å². The molecule has 2 aromatic rings. The number of hydrogen-bond acceptors (Lipinski definition) is 4. The lowest BCUT2D eigenvalue weighted by Crippen LogP contribution is -2.48. The summed E-state index contributed by atoms with van der Waals surface area (Å²) in [6.07, 6.45) is 3.32. The monoisotopic (exact) mass is 299 g/mol. The molecule has 1 fully saturated rings. The van der Waals surface area contributed by atoms with Gasteiger partial charge in [0.1, 0.15) is 6.54 Å². The van der Waals surface area contributed by atoms with E-state index in [1.165, 1.54) is 11.2 Å². The van der Waals surface area contributed by atoms with Crippen LogP contribution in [0, 0.1) is 0 Å². The summed E-state index contributed by atoms with van der Waals surface area (Å²) in [5, 5.41) is 12.4. The highest BCUT2D eigenvalue weighted by Gasteiger charge is 2.29. The van der Waals surface area contributed by atoms with E-state index in [4.69, 9.17) is 0 Å². The zero-order valence-electron chi connectivity index (χ0n) is 13.0. The smallest absolute Gasteiger partial charge is 0.246 e.